The number of hydrogen-bond donors (Lipinski definition) is 1. The van der Waals surface area contributed by atoms with E-state index >= 15 is 0 Å². The van der Waals surface area contributed by atoms with Crippen LogP contribution in [0.5, 0.6) is 5.75 Å². The van der Waals surface area contributed by atoms with E-state index in [1.54, 1.807) is 0 Å². The molecular weight excluding hydrogens is 248 g/mol. The largest absolute Gasteiger partial charge is 0.492 e. The Morgan fingerprint density at radius 2 is 2.00 bits per heavy atom. The summed E-state index contributed by atoms with van der Waals surface area (Å²) in [5.41, 5.74) is 2.53. The fourth-order valence-corrected chi connectivity index (χ4v) is 2.91. The summed E-state index contributed by atoms with van der Waals surface area (Å²) in [5.74, 6) is 0.998. The van der Waals surface area contributed by atoms with Crippen LogP contribution < -0.4 is 10.1 Å². The van der Waals surface area contributed by atoms with Crippen molar-refractivity contribution in [2.24, 2.45) is 0 Å². The molecule has 1 aliphatic heterocycles. The van der Waals surface area contributed by atoms with Crippen molar-refractivity contribution in [3.8, 4) is 5.75 Å². The maximum atomic E-state index is 5.90. The van der Waals surface area contributed by atoms with Crippen LogP contribution in [-0.2, 0) is 0 Å². The van der Waals surface area contributed by atoms with Crippen LogP contribution in [0.4, 0.5) is 0 Å². The summed E-state index contributed by atoms with van der Waals surface area (Å²) in [4.78, 5) is 2.48. The van der Waals surface area contributed by atoms with E-state index in [1.807, 2.05) is 0 Å². The van der Waals surface area contributed by atoms with Gasteiger partial charge in [0.15, 0.2) is 0 Å². The van der Waals surface area contributed by atoms with Crippen molar-refractivity contribution < 1.29 is 4.74 Å². The molecule has 0 radical (unpaired) electrons. The highest BCUT2D eigenvalue weighted by Crippen LogP contribution is 2.16. The fourth-order valence-electron chi connectivity index (χ4n) is 2.91. The van der Waals surface area contributed by atoms with Crippen LogP contribution in [0.2, 0.25) is 0 Å². The molecule has 0 aromatic heterocycles. The molecule has 2 rings (SSSR count). The molecule has 1 atom stereocenters. The Hall–Kier alpha value is -1.06. The van der Waals surface area contributed by atoms with Crippen LogP contribution in [0.1, 0.15) is 30.9 Å². The van der Waals surface area contributed by atoms with Crippen LogP contribution in [0.25, 0.3) is 0 Å². The van der Waals surface area contributed by atoms with Gasteiger partial charge in [0.25, 0.3) is 0 Å². The van der Waals surface area contributed by atoms with Gasteiger partial charge < -0.3 is 10.1 Å². The maximum absolute atomic E-state index is 5.90. The van der Waals surface area contributed by atoms with Gasteiger partial charge in [0.1, 0.15) is 12.4 Å². The van der Waals surface area contributed by atoms with Gasteiger partial charge >= 0.3 is 0 Å². The van der Waals surface area contributed by atoms with Gasteiger partial charge in [-0.3, -0.25) is 4.90 Å². The number of nitrogens with one attached hydrogen (secondary N) is 1. The molecule has 0 amide bonds. The molecular formula is C17H28N2O. The lowest BCUT2D eigenvalue weighted by atomic mass is 10.1. The number of hydrogen-bond acceptors (Lipinski definition) is 3. The summed E-state index contributed by atoms with van der Waals surface area (Å²) in [5, 5.41) is 3.56. The van der Waals surface area contributed by atoms with Gasteiger partial charge in [0.05, 0.1) is 0 Å². The molecule has 1 fully saturated rings. The number of ether oxygens (including phenoxy) is 1. The average molecular weight is 276 g/mol. The highest BCUT2D eigenvalue weighted by atomic mass is 16.5. The summed E-state index contributed by atoms with van der Waals surface area (Å²) in [7, 11) is 0. The Balaban J connectivity index is 1.75. The second-order valence-corrected chi connectivity index (χ2v) is 5.86. The monoisotopic (exact) mass is 276 g/mol. The summed E-state index contributed by atoms with van der Waals surface area (Å²) in [6.07, 6.45) is 2.63. The first-order chi connectivity index (χ1) is 9.67. The third-order valence-corrected chi connectivity index (χ3v) is 3.96. The molecule has 1 aromatic rings. The number of likely N-dealkylation sites (N-methyl/N-ethyl adjacent to an activating group) is 1. The smallest absolute Gasteiger partial charge is 0.119 e. The number of aryl methyl sites for hydroxylation is 2. The minimum atomic E-state index is 0.677. The minimum absolute atomic E-state index is 0.677. The summed E-state index contributed by atoms with van der Waals surface area (Å²) >= 11 is 0. The van der Waals surface area contributed by atoms with Crippen molar-refractivity contribution in [1.82, 2.24) is 10.2 Å². The Bertz CT molecular complexity index is 393. The van der Waals surface area contributed by atoms with Crippen molar-refractivity contribution in [3.05, 3.63) is 29.3 Å². The van der Waals surface area contributed by atoms with Gasteiger partial charge in [0, 0.05) is 19.1 Å². The van der Waals surface area contributed by atoms with E-state index < -0.39 is 0 Å². The molecule has 1 aliphatic rings. The van der Waals surface area contributed by atoms with E-state index in [-0.39, 0.29) is 0 Å². The minimum Gasteiger partial charge on any atom is -0.492 e. The highest BCUT2D eigenvalue weighted by Gasteiger charge is 2.16. The second-order valence-electron chi connectivity index (χ2n) is 5.86. The van der Waals surface area contributed by atoms with Crippen LogP contribution in [-0.4, -0.2) is 43.7 Å². The fraction of sp³-hybridized carbons (Fsp3) is 0.647. The molecule has 1 saturated heterocycles. The van der Waals surface area contributed by atoms with Crippen molar-refractivity contribution >= 4 is 0 Å². The van der Waals surface area contributed by atoms with Crippen LogP contribution in [0, 0.1) is 13.8 Å². The number of benzene rings is 1. The van der Waals surface area contributed by atoms with Gasteiger partial charge in [-0.2, -0.15) is 0 Å². The van der Waals surface area contributed by atoms with Gasteiger partial charge in [-0.25, -0.2) is 0 Å². The third-order valence-electron chi connectivity index (χ3n) is 3.96. The second kappa shape index (κ2) is 7.65. The van der Waals surface area contributed by atoms with Crippen molar-refractivity contribution in [1.29, 1.82) is 0 Å². The Labute approximate surface area is 123 Å². The van der Waals surface area contributed by atoms with E-state index in [2.05, 4.69) is 49.2 Å². The standard InChI is InChI=1S/C17H28N2O/c1-4-19(13-16-6-5-7-18-16)8-9-20-17-11-14(2)10-15(3)12-17/h10-12,16,18H,4-9,13H2,1-3H3. The zero-order chi connectivity index (χ0) is 14.4. The zero-order valence-electron chi connectivity index (χ0n) is 13.1. The first kappa shape index (κ1) is 15.3. The Kier molecular flexibility index (Phi) is 5.86. The maximum Gasteiger partial charge on any atom is 0.119 e. The molecule has 20 heavy (non-hydrogen) atoms. The van der Waals surface area contributed by atoms with Crippen LogP contribution in [0.3, 0.4) is 0 Å². The molecule has 0 saturated carbocycles. The van der Waals surface area contributed by atoms with Crippen LogP contribution >= 0.6 is 0 Å². The molecule has 3 nitrogen and oxygen atoms in total. The molecule has 1 aromatic carbocycles. The molecule has 112 valence electrons. The molecule has 0 bridgehead atoms. The van der Waals surface area contributed by atoms with Gasteiger partial charge in [0.2, 0.25) is 0 Å². The van der Waals surface area contributed by atoms with Crippen molar-refractivity contribution in [3.63, 3.8) is 0 Å². The lowest BCUT2D eigenvalue weighted by Crippen LogP contribution is -2.39. The first-order valence-electron chi connectivity index (χ1n) is 7.84. The normalized spacial score (nSPS) is 18.7. The highest BCUT2D eigenvalue weighted by molar-refractivity contribution is 5.32. The molecule has 1 heterocycles. The Morgan fingerprint density at radius 3 is 2.60 bits per heavy atom. The molecule has 3 heteroatoms. The SMILES string of the molecule is CCN(CCOc1cc(C)cc(C)c1)CC1CCCN1. The topological polar surface area (TPSA) is 24.5 Å². The predicted molar refractivity (Wildman–Crippen MR) is 84.5 cm³/mol. The van der Waals surface area contributed by atoms with Crippen molar-refractivity contribution in [2.45, 2.75) is 39.7 Å². The van der Waals surface area contributed by atoms with Gasteiger partial charge in [-0.15, -0.1) is 0 Å². The van der Waals surface area contributed by atoms with E-state index in [0.717, 1.165) is 32.0 Å². The summed E-state index contributed by atoms with van der Waals surface area (Å²) < 4.78 is 5.90. The van der Waals surface area contributed by atoms with Crippen LogP contribution in [0.15, 0.2) is 18.2 Å². The van der Waals surface area contributed by atoms with E-state index in [4.69, 9.17) is 4.74 Å². The van der Waals surface area contributed by atoms with E-state index in [0.29, 0.717) is 6.04 Å². The lowest BCUT2D eigenvalue weighted by molar-refractivity contribution is 0.203. The predicted octanol–water partition coefficient (Wildman–Crippen LogP) is 2.76. The molecule has 1 unspecified atom stereocenters. The molecule has 0 aliphatic carbocycles. The molecule has 0 spiro atoms. The zero-order valence-corrected chi connectivity index (χ0v) is 13.1. The summed E-state index contributed by atoms with van der Waals surface area (Å²) in [6.45, 7) is 11.6. The third kappa shape index (κ3) is 4.80. The average Bonchev–Trinajstić information content (AvgIpc) is 2.89. The van der Waals surface area contributed by atoms with Crippen molar-refractivity contribution in [2.75, 3.05) is 32.8 Å². The van der Waals surface area contributed by atoms with E-state index in [1.165, 1.54) is 30.5 Å². The quantitative estimate of drug-likeness (QED) is 0.829. The van der Waals surface area contributed by atoms with E-state index in [9.17, 15) is 0 Å². The lowest BCUT2D eigenvalue weighted by Gasteiger charge is -2.24. The van der Waals surface area contributed by atoms with Gasteiger partial charge in [-0.1, -0.05) is 13.0 Å². The first-order valence-corrected chi connectivity index (χ1v) is 7.84. The summed E-state index contributed by atoms with van der Waals surface area (Å²) in [6, 6.07) is 7.08. The number of nitrogens with zero attached hydrogens (tertiary/aromatic N) is 1. The van der Waals surface area contributed by atoms with Gasteiger partial charge in [-0.05, 0) is 63.0 Å². The molecule has 1 N–H and O–H groups in total. The number of rotatable bonds is 7. The Morgan fingerprint density at radius 1 is 1.25 bits per heavy atom.